The molecule has 0 bridgehead atoms. The molecule has 3 rings (SSSR count). The lowest BCUT2D eigenvalue weighted by Gasteiger charge is -2.40. The van der Waals surface area contributed by atoms with Crippen LogP contribution in [-0.2, 0) is 4.79 Å². The Kier molecular flexibility index (Phi) is 4.08. The first-order chi connectivity index (χ1) is 10.9. The van der Waals surface area contributed by atoms with Gasteiger partial charge < -0.3 is 10.6 Å². The van der Waals surface area contributed by atoms with Crippen molar-refractivity contribution >= 4 is 11.8 Å². The fourth-order valence-electron chi connectivity index (χ4n) is 3.38. The highest BCUT2D eigenvalue weighted by Gasteiger charge is 2.44. The van der Waals surface area contributed by atoms with E-state index in [1.54, 1.807) is 4.90 Å². The summed E-state index contributed by atoms with van der Waals surface area (Å²) in [7, 11) is 0. The number of halogens is 2. The largest absolute Gasteiger partial charge is 0.369 e. The van der Waals surface area contributed by atoms with Crippen molar-refractivity contribution in [2.45, 2.75) is 32.1 Å². The summed E-state index contributed by atoms with van der Waals surface area (Å²) in [6.45, 7) is 0.820. The van der Waals surface area contributed by atoms with E-state index >= 15 is 0 Å². The number of carbonyl (C=O) groups excluding carboxylic acids is 2. The first-order valence-corrected chi connectivity index (χ1v) is 7.95. The summed E-state index contributed by atoms with van der Waals surface area (Å²) < 4.78 is 26.3. The Labute approximate surface area is 133 Å². The molecule has 23 heavy (non-hydrogen) atoms. The van der Waals surface area contributed by atoms with Crippen LogP contribution >= 0.6 is 0 Å². The SMILES string of the molecule is NC(=O)C1(CC2CC2)CCN(C(=O)c2ccc(F)c(F)c2)CC1. The summed E-state index contributed by atoms with van der Waals surface area (Å²) in [5.41, 5.74) is 5.21. The summed E-state index contributed by atoms with van der Waals surface area (Å²) in [6.07, 6.45) is 4.16. The second-order valence-corrected chi connectivity index (χ2v) is 6.71. The van der Waals surface area contributed by atoms with Crippen molar-refractivity contribution in [3.63, 3.8) is 0 Å². The van der Waals surface area contributed by atoms with Crippen molar-refractivity contribution in [1.29, 1.82) is 0 Å². The summed E-state index contributed by atoms with van der Waals surface area (Å²) in [4.78, 5) is 25.9. The lowest BCUT2D eigenvalue weighted by Crippen LogP contribution is -2.49. The molecule has 1 aliphatic heterocycles. The number of piperidine rings is 1. The maximum absolute atomic E-state index is 13.3. The van der Waals surface area contributed by atoms with E-state index in [9.17, 15) is 18.4 Å². The number of primary amides is 1. The highest BCUT2D eigenvalue weighted by Crippen LogP contribution is 2.45. The van der Waals surface area contributed by atoms with Gasteiger partial charge >= 0.3 is 0 Å². The van der Waals surface area contributed by atoms with Crippen LogP contribution in [0.4, 0.5) is 8.78 Å². The van der Waals surface area contributed by atoms with Gasteiger partial charge in [0.05, 0.1) is 5.41 Å². The third-order valence-corrected chi connectivity index (χ3v) is 5.07. The molecule has 0 spiro atoms. The van der Waals surface area contributed by atoms with E-state index in [0.717, 1.165) is 31.4 Å². The van der Waals surface area contributed by atoms with E-state index < -0.39 is 17.0 Å². The second-order valence-electron chi connectivity index (χ2n) is 6.71. The number of hydrogen-bond donors (Lipinski definition) is 1. The van der Waals surface area contributed by atoms with Crippen molar-refractivity contribution in [2.75, 3.05) is 13.1 Å². The van der Waals surface area contributed by atoms with E-state index in [2.05, 4.69) is 0 Å². The lowest BCUT2D eigenvalue weighted by atomic mass is 9.73. The van der Waals surface area contributed by atoms with Gasteiger partial charge in [-0.05, 0) is 43.4 Å². The van der Waals surface area contributed by atoms with Crippen LogP contribution in [0, 0.1) is 23.0 Å². The first kappa shape index (κ1) is 15.9. The fraction of sp³-hybridized carbons (Fsp3) is 0.529. The number of nitrogens with two attached hydrogens (primary N) is 1. The fourth-order valence-corrected chi connectivity index (χ4v) is 3.38. The predicted molar refractivity (Wildman–Crippen MR) is 80.5 cm³/mol. The smallest absolute Gasteiger partial charge is 0.253 e. The van der Waals surface area contributed by atoms with E-state index in [1.807, 2.05) is 0 Å². The maximum atomic E-state index is 13.3. The minimum Gasteiger partial charge on any atom is -0.369 e. The second kappa shape index (κ2) is 5.91. The molecule has 4 nitrogen and oxygen atoms in total. The topological polar surface area (TPSA) is 63.4 Å². The number of amides is 2. The Balaban J connectivity index is 1.68. The summed E-state index contributed by atoms with van der Waals surface area (Å²) >= 11 is 0. The molecule has 124 valence electrons. The van der Waals surface area contributed by atoms with E-state index in [-0.39, 0.29) is 17.4 Å². The third-order valence-electron chi connectivity index (χ3n) is 5.07. The van der Waals surface area contributed by atoms with Gasteiger partial charge in [0.2, 0.25) is 5.91 Å². The van der Waals surface area contributed by atoms with E-state index in [1.165, 1.54) is 6.07 Å². The third kappa shape index (κ3) is 3.21. The number of rotatable bonds is 4. The molecule has 1 saturated carbocycles. The Morgan fingerprint density at radius 3 is 2.35 bits per heavy atom. The van der Waals surface area contributed by atoms with Crippen LogP contribution in [0.5, 0.6) is 0 Å². The van der Waals surface area contributed by atoms with Crippen LogP contribution in [0.15, 0.2) is 18.2 Å². The normalized spacial score (nSPS) is 20.3. The quantitative estimate of drug-likeness (QED) is 0.925. The molecular formula is C17H20F2N2O2. The molecule has 0 radical (unpaired) electrons. The van der Waals surface area contributed by atoms with Crippen LogP contribution in [0.1, 0.15) is 42.5 Å². The Bertz CT molecular complexity index is 635. The number of nitrogens with zero attached hydrogens (tertiary/aromatic N) is 1. The van der Waals surface area contributed by atoms with Gasteiger partial charge in [-0.1, -0.05) is 12.8 Å². The van der Waals surface area contributed by atoms with Crippen molar-refractivity contribution in [3.8, 4) is 0 Å². The molecule has 1 aliphatic carbocycles. The van der Waals surface area contributed by atoms with Crippen molar-refractivity contribution in [2.24, 2.45) is 17.1 Å². The average Bonchev–Trinajstić information content (AvgIpc) is 3.34. The summed E-state index contributed by atoms with van der Waals surface area (Å²) in [5, 5.41) is 0. The molecule has 2 fully saturated rings. The monoisotopic (exact) mass is 322 g/mol. The van der Waals surface area contributed by atoms with Crippen molar-refractivity contribution in [3.05, 3.63) is 35.4 Å². The van der Waals surface area contributed by atoms with E-state index in [4.69, 9.17) is 5.73 Å². The molecule has 1 aromatic rings. The molecule has 6 heteroatoms. The highest BCUT2D eigenvalue weighted by atomic mass is 19.2. The first-order valence-electron chi connectivity index (χ1n) is 7.95. The molecule has 0 unspecified atom stereocenters. The Morgan fingerprint density at radius 1 is 1.17 bits per heavy atom. The minimum absolute atomic E-state index is 0.123. The molecule has 2 N–H and O–H groups in total. The zero-order valence-corrected chi connectivity index (χ0v) is 12.9. The van der Waals surface area contributed by atoms with Gasteiger partial charge in [0.25, 0.3) is 5.91 Å². The van der Waals surface area contributed by atoms with Crippen LogP contribution in [-0.4, -0.2) is 29.8 Å². The molecular weight excluding hydrogens is 302 g/mol. The molecule has 1 aromatic carbocycles. The Morgan fingerprint density at radius 2 is 1.83 bits per heavy atom. The van der Waals surface area contributed by atoms with Crippen LogP contribution < -0.4 is 5.73 Å². The maximum Gasteiger partial charge on any atom is 0.253 e. The number of benzene rings is 1. The van der Waals surface area contributed by atoms with Gasteiger partial charge in [-0.25, -0.2) is 8.78 Å². The van der Waals surface area contributed by atoms with Gasteiger partial charge in [-0.2, -0.15) is 0 Å². The zero-order chi connectivity index (χ0) is 16.6. The standard InChI is InChI=1S/C17H20F2N2O2/c18-13-4-3-12(9-14(13)19)15(22)21-7-5-17(6-8-21,16(20)23)10-11-1-2-11/h3-4,9,11H,1-2,5-8,10H2,(H2,20,23). The molecule has 2 amide bonds. The minimum atomic E-state index is -1.03. The number of carbonyl (C=O) groups is 2. The van der Waals surface area contributed by atoms with E-state index in [0.29, 0.717) is 31.8 Å². The average molecular weight is 322 g/mol. The van der Waals surface area contributed by atoms with Crippen molar-refractivity contribution in [1.82, 2.24) is 4.90 Å². The molecule has 0 aromatic heterocycles. The van der Waals surface area contributed by atoms with Crippen LogP contribution in [0.3, 0.4) is 0 Å². The van der Waals surface area contributed by atoms with Crippen LogP contribution in [0.25, 0.3) is 0 Å². The van der Waals surface area contributed by atoms with Gasteiger partial charge in [0.15, 0.2) is 11.6 Å². The lowest BCUT2D eigenvalue weighted by molar-refractivity contribution is -0.131. The van der Waals surface area contributed by atoms with Gasteiger partial charge in [-0.15, -0.1) is 0 Å². The molecule has 1 heterocycles. The van der Waals surface area contributed by atoms with Gasteiger partial charge in [-0.3, -0.25) is 9.59 Å². The number of likely N-dealkylation sites (tertiary alicyclic amines) is 1. The zero-order valence-electron chi connectivity index (χ0n) is 12.9. The molecule has 1 saturated heterocycles. The summed E-state index contributed by atoms with van der Waals surface area (Å²) in [6, 6.07) is 3.14. The predicted octanol–water partition coefficient (Wildman–Crippen LogP) is 2.47. The highest BCUT2D eigenvalue weighted by molar-refractivity contribution is 5.94. The van der Waals surface area contributed by atoms with Crippen molar-refractivity contribution < 1.29 is 18.4 Å². The Hall–Kier alpha value is -1.98. The number of hydrogen-bond acceptors (Lipinski definition) is 2. The van der Waals surface area contributed by atoms with Gasteiger partial charge in [0, 0.05) is 18.7 Å². The molecule has 2 aliphatic rings. The summed E-state index contributed by atoms with van der Waals surface area (Å²) in [5.74, 6) is -2.06. The van der Waals surface area contributed by atoms with Gasteiger partial charge in [0.1, 0.15) is 0 Å². The molecule has 0 atom stereocenters. The van der Waals surface area contributed by atoms with Crippen LogP contribution in [0.2, 0.25) is 0 Å².